The second kappa shape index (κ2) is 12.9. The normalized spacial score (nSPS) is 12.4. The van der Waals surface area contributed by atoms with Crippen LogP contribution >= 0.6 is 0 Å². The Morgan fingerprint density at radius 1 is 0.889 bits per heavy atom. The van der Waals surface area contributed by atoms with Gasteiger partial charge in [0, 0.05) is 24.0 Å². The van der Waals surface area contributed by atoms with Gasteiger partial charge in [-0.3, -0.25) is 9.59 Å². The number of carbonyl (C=O) groups excluding carboxylic acids is 2. The maximum Gasteiger partial charge on any atom is 0.475 e. The molecule has 9 heteroatoms. The van der Waals surface area contributed by atoms with Crippen LogP contribution < -0.4 is 14.8 Å². The lowest BCUT2D eigenvalue weighted by Gasteiger charge is -2.23. The molecule has 3 N–H and O–H groups in total. The smallest absolute Gasteiger partial charge is 0.475 e. The molecule has 0 fully saturated rings. The van der Waals surface area contributed by atoms with Gasteiger partial charge in [0.05, 0.1) is 20.2 Å². The van der Waals surface area contributed by atoms with E-state index in [9.17, 15) is 24.0 Å². The van der Waals surface area contributed by atoms with Crippen molar-refractivity contribution >= 4 is 18.8 Å². The molecule has 2 atom stereocenters. The zero-order valence-corrected chi connectivity index (χ0v) is 20.2. The summed E-state index contributed by atoms with van der Waals surface area (Å²) in [6.07, 6.45) is 0.133. The minimum absolute atomic E-state index is 0.0536. The summed E-state index contributed by atoms with van der Waals surface area (Å²) in [7, 11) is 1.02. The van der Waals surface area contributed by atoms with Gasteiger partial charge in [0.2, 0.25) is 5.91 Å². The van der Waals surface area contributed by atoms with Crippen LogP contribution in [-0.2, 0) is 17.6 Å². The molecule has 0 saturated carbocycles. The van der Waals surface area contributed by atoms with Crippen LogP contribution in [0.5, 0.6) is 11.5 Å². The number of amides is 1. The van der Waals surface area contributed by atoms with E-state index in [-0.39, 0.29) is 30.8 Å². The number of ketones is 1. The minimum atomic E-state index is -1.90. The molecule has 0 radical (unpaired) electrons. The highest BCUT2D eigenvalue weighted by atomic mass is 19.1. The predicted molar refractivity (Wildman–Crippen MR) is 134 cm³/mol. The molecule has 1 unspecified atom stereocenters. The van der Waals surface area contributed by atoms with Crippen molar-refractivity contribution in [2.45, 2.75) is 25.2 Å². The third kappa shape index (κ3) is 7.66. The van der Waals surface area contributed by atoms with Gasteiger partial charge in [-0.25, -0.2) is 4.39 Å². The molecular formula is C27H29BFNO6. The van der Waals surface area contributed by atoms with Crippen LogP contribution in [0.25, 0.3) is 0 Å². The van der Waals surface area contributed by atoms with Crippen LogP contribution in [0.4, 0.5) is 4.39 Å². The van der Waals surface area contributed by atoms with Crippen LogP contribution in [0.1, 0.15) is 27.9 Å². The summed E-state index contributed by atoms with van der Waals surface area (Å²) in [4.78, 5) is 26.3. The van der Waals surface area contributed by atoms with E-state index < -0.39 is 30.7 Å². The van der Waals surface area contributed by atoms with Gasteiger partial charge in [0.25, 0.3) is 0 Å². The van der Waals surface area contributed by atoms with Gasteiger partial charge in [0.1, 0.15) is 17.3 Å². The van der Waals surface area contributed by atoms with E-state index in [1.165, 1.54) is 26.4 Å². The van der Waals surface area contributed by atoms with E-state index in [4.69, 9.17) is 9.47 Å². The molecular weight excluding hydrogens is 464 g/mol. The Bertz CT molecular complexity index is 1160. The highest BCUT2D eigenvalue weighted by Crippen LogP contribution is 2.20. The van der Waals surface area contributed by atoms with E-state index in [2.05, 4.69) is 5.32 Å². The Morgan fingerprint density at radius 2 is 1.56 bits per heavy atom. The highest BCUT2D eigenvalue weighted by Gasteiger charge is 2.30. The Balaban J connectivity index is 1.79. The van der Waals surface area contributed by atoms with Crippen molar-refractivity contribution in [3.63, 3.8) is 0 Å². The van der Waals surface area contributed by atoms with E-state index in [1.54, 1.807) is 30.3 Å². The number of carbonyl (C=O) groups is 2. The molecule has 0 aliphatic heterocycles. The van der Waals surface area contributed by atoms with Crippen LogP contribution in [-0.4, -0.2) is 49.0 Å². The summed E-state index contributed by atoms with van der Waals surface area (Å²) in [6, 6.07) is 19.9. The maximum atomic E-state index is 13.9. The zero-order chi connectivity index (χ0) is 26.1. The van der Waals surface area contributed by atoms with Crippen molar-refractivity contribution in [2.24, 2.45) is 5.92 Å². The molecule has 188 valence electrons. The second-order valence-corrected chi connectivity index (χ2v) is 8.47. The lowest BCUT2D eigenvalue weighted by atomic mass is 9.75. The van der Waals surface area contributed by atoms with Gasteiger partial charge < -0.3 is 24.8 Å². The van der Waals surface area contributed by atoms with Crippen molar-refractivity contribution in [3.05, 3.63) is 95.3 Å². The van der Waals surface area contributed by atoms with Crippen molar-refractivity contribution in [3.8, 4) is 11.5 Å². The third-order valence-corrected chi connectivity index (χ3v) is 5.85. The lowest BCUT2D eigenvalue weighted by molar-refractivity contribution is -0.125. The molecule has 3 aromatic carbocycles. The topological polar surface area (TPSA) is 105 Å². The Morgan fingerprint density at radius 3 is 2.17 bits per heavy atom. The molecule has 0 saturated heterocycles. The monoisotopic (exact) mass is 493 g/mol. The summed E-state index contributed by atoms with van der Waals surface area (Å²) < 4.78 is 24.1. The molecule has 0 aromatic heterocycles. The van der Waals surface area contributed by atoms with Crippen LogP contribution in [0.3, 0.4) is 0 Å². The zero-order valence-electron chi connectivity index (χ0n) is 20.2. The van der Waals surface area contributed by atoms with Crippen molar-refractivity contribution in [1.82, 2.24) is 5.32 Å². The lowest BCUT2D eigenvalue weighted by Crippen LogP contribution is -2.50. The summed E-state index contributed by atoms with van der Waals surface area (Å²) in [5.41, 5.74) is 1.71. The SMILES string of the molecule is COc1ccc(C(=O)CC(Cc2ccccc2)C(=O)N[C@@H](Cc2cc(F)cc(OC)c2)B(O)O)cc1. The van der Waals surface area contributed by atoms with Gasteiger partial charge in [-0.2, -0.15) is 0 Å². The number of hydrogen-bond donors (Lipinski definition) is 3. The molecule has 36 heavy (non-hydrogen) atoms. The predicted octanol–water partition coefficient (Wildman–Crippen LogP) is 3.01. The molecule has 0 bridgehead atoms. The number of nitrogens with one attached hydrogen (secondary N) is 1. The maximum absolute atomic E-state index is 13.9. The average Bonchev–Trinajstić information content (AvgIpc) is 2.88. The number of Topliss-reactive ketones (excluding diaryl/α,β-unsaturated/α-hetero) is 1. The molecule has 3 rings (SSSR count). The number of benzene rings is 3. The molecule has 0 aliphatic carbocycles. The van der Waals surface area contributed by atoms with E-state index in [0.717, 1.165) is 5.56 Å². The van der Waals surface area contributed by atoms with Crippen LogP contribution in [0, 0.1) is 11.7 Å². The third-order valence-electron chi connectivity index (χ3n) is 5.85. The van der Waals surface area contributed by atoms with Gasteiger partial charge >= 0.3 is 7.12 Å². The Labute approximate surface area is 210 Å². The van der Waals surface area contributed by atoms with Crippen LogP contribution in [0.2, 0.25) is 0 Å². The summed E-state index contributed by atoms with van der Waals surface area (Å²) in [5.74, 6) is -2.31. The second-order valence-electron chi connectivity index (χ2n) is 8.47. The van der Waals surface area contributed by atoms with Gasteiger partial charge in [-0.1, -0.05) is 30.3 Å². The number of methoxy groups -OCH3 is 2. The van der Waals surface area contributed by atoms with Crippen molar-refractivity contribution in [2.75, 3.05) is 14.2 Å². The van der Waals surface area contributed by atoms with Gasteiger partial charge in [-0.05, 0) is 60.4 Å². The quantitative estimate of drug-likeness (QED) is 0.265. The molecule has 7 nitrogen and oxygen atoms in total. The summed E-state index contributed by atoms with van der Waals surface area (Å²) in [6.45, 7) is 0. The van der Waals surface area contributed by atoms with Gasteiger partial charge in [-0.15, -0.1) is 0 Å². The molecule has 0 heterocycles. The molecule has 1 amide bonds. The fourth-order valence-electron chi connectivity index (χ4n) is 3.92. The number of rotatable bonds is 12. The van der Waals surface area contributed by atoms with Crippen LogP contribution in [0.15, 0.2) is 72.8 Å². The first-order valence-electron chi connectivity index (χ1n) is 11.5. The molecule has 0 spiro atoms. The average molecular weight is 493 g/mol. The highest BCUT2D eigenvalue weighted by molar-refractivity contribution is 6.43. The molecule has 0 aliphatic rings. The van der Waals surface area contributed by atoms with Crippen molar-refractivity contribution in [1.29, 1.82) is 0 Å². The van der Waals surface area contributed by atoms with E-state index in [1.807, 2.05) is 30.3 Å². The number of ether oxygens (including phenoxy) is 2. The first kappa shape index (κ1) is 26.9. The van der Waals surface area contributed by atoms with Gasteiger partial charge in [0.15, 0.2) is 5.78 Å². The number of hydrogen-bond acceptors (Lipinski definition) is 6. The first-order valence-corrected chi connectivity index (χ1v) is 11.5. The van der Waals surface area contributed by atoms with Crippen molar-refractivity contribution < 1.29 is 33.5 Å². The standard InChI is InChI=1S/C27H29BFNO6/c1-35-23-10-8-20(9-11-23)25(31)16-21(12-18-6-4-3-5-7-18)27(32)30-26(28(33)34)15-19-13-22(29)17-24(14-19)36-2/h3-11,13-14,17,21,26,33-34H,12,15-16H2,1-2H3,(H,30,32)/t21?,26-/m0/s1. The van der Waals surface area contributed by atoms with E-state index >= 15 is 0 Å². The number of halogens is 1. The molecule has 3 aromatic rings. The Hall–Kier alpha value is -3.69. The minimum Gasteiger partial charge on any atom is -0.497 e. The largest absolute Gasteiger partial charge is 0.497 e. The summed E-state index contributed by atoms with van der Waals surface area (Å²) in [5, 5.41) is 22.5. The van der Waals surface area contributed by atoms with E-state index in [0.29, 0.717) is 16.9 Å². The fraction of sp³-hybridized carbons (Fsp3) is 0.259. The Kier molecular flexibility index (Phi) is 9.61. The first-order chi connectivity index (χ1) is 17.3. The summed E-state index contributed by atoms with van der Waals surface area (Å²) >= 11 is 0. The fourth-order valence-corrected chi connectivity index (χ4v) is 3.92.